The van der Waals surface area contributed by atoms with E-state index in [2.05, 4.69) is 15.0 Å². The van der Waals surface area contributed by atoms with Gasteiger partial charge in [0.25, 0.3) is 0 Å². The number of nitrogens with zero attached hydrogens (tertiary/aromatic N) is 3. The highest BCUT2D eigenvalue weighted by atomic mass is 16.5. The van der Waals surface area contributed by atoms with E-state index in [1.807, 2.05) is 6.92 Å². The van der Waals surface area contributed by atoms with Gasteiger partial charge in [0.2, 0.25) is 0 Å². The molecule has 0 aliphatic heterocycles. The van der Waals surface area contributed by atoms with Crippen LogP contribution in [0.3, 0.4) is 0 Å². The number of aliphatic hydroxyl groups is 1. The Morgan fingerprint density at radius 2 is 2.17 bits per heavy atom. The van der Waals surface area contributed by atoms with Gasteiger partial charge in [-0.05, 0) is 19.3 Å². The summed E-state index contributed by atoms with van der Waals surface area (Å²) < 4.78 is 6.31. The van der Waals surface area contributed by atoms with Gasteiger partial charge in [0, 0.05) is 0 Å². The van der Waals surface area contributed by atoms with Crippen LogP contribution in [0.4, 0.5) is 0 Å². The second kappa shape index (κ2) is 5.06. The summed E-state index contributed by atoms with van der Waals surface area (Å²) in [5.74, 6) is -0.475. The lowest BCUT2D eigenvalue weighted by Gasteiger charge is -2.22. The minimum atomic E-state index is -0.703. The summed E-state index contributed by atoms with van der Waals surface area (Å²) in [7, 11) is 1.32. The lowest BCUT2D eigenvalue weighted by molar-refractivity contribution is 0.0251. The van der Waals surface area contributed by atoms with Crippen LogP contribution in [0.15, 0.2) is 0 Å². The number of rotatable bonds is 4. The van der Waals surface area contributed by atoms with Crippen molar-refractivity contribution in [1.29, 1.82) is 0 Å². The smallest absolute Gasteiger partial charge is 0.360 e. The van der Waals surface area contributed by atoms with E-state index in [1.54, 1.807) is 4.68 Å². The van der Waals surface area contributed by atoms with Crippen LogP contribution in [0.5, 0.6) is 0 Å². The molecule has 0 amide bonds. The molecule has 6 nitrogen and oxygen atoms in total. The van der Waals surface area contributed by atoms with Crippen molar-refractivity contribution in [3.8, 4) is 0 Å². The molecule has 6 heteroatoms. The molecule has 0 bridgehead atoms. The quantitative estimate of drug-likeness (QED) is 0.808. The number of aromatic nitrogens is 3. The summed E-state index contributed by atoms with van der Waals surface area (Å²) in [4.78, 5) is 11.5. The van der Waals surface area contributed by atoms with Crippen LogP contribution >= 0.6 is 0 Å². The van der Waals surface area contributed by atoms with Gasteiger partial charge in [-0.1, -0.05) is 25.0 Å². The molecule has 0 saturated heterocycles. The standard InChI is InChI=1S/C12H19N3O3/c1-3-9-10(11(16)18-2)13-14-15(9)8-12(17)6-4-5-7-12/h17H,3-8H2,1-2H3. The van der Waals surface area contributed by atoms with Gasteiger partial charge >= 0.3 is 5.97 Å². The van der Waals surface area contributed by atoms with Gasteiger partial charge in [0.15, 0.2) is 5.69 Å². The van der Waals surface area contributed by atoms with Gasteiger partial charge in [0.1, 0.15) is 0 Å². The molecule has 18 heavy (non-hydrogen) atoms. The normalized spacial score (nSPS) is 17.9. The molecular formula is C12H19N3O3. The summed E-state index contributed by atoms with van der Waals surface area (Å²) in [6, 6.07) is 0. The van der Waals surface area contributed by atoms with Crippen LogP contribution in [-0.4, -0.2) is 38.8 Å². The zero-order valence-corrected chi connectivity index (χ0v) is 10.8. The van der Waals surface area contributed by atoms with Crippen molar-refractivity contribution in [3.63, 3.8) is 0 Å². The van der Waals surface area contributed by atoms with Crippen LogP contribution in [0.2, 0.25) is 0 Å². The van der Waals surface area contributed by atoms with E-state index < -0.39 is 11.6 Å². The van der Waals surface area contributed by atoms with Crippen LogP contribution in [-0.2, 0) is 17.7 Å². The van der Waals surface area contributed by atoms with Crippen LogP contribution in [0.25, 0.3) is 0 Å². The predicted molar refractivity (Wildman–Crippen MR) is 64.2 cm³/mol. The highest BCUT2D eigenvalue weighted by Gasteiger charge is 2.33. The van der Waals surface area contributed by atoms with Crippen molar-refractivity contribution in [1.82, 2.24) is 15.0 Å². The zero-order valence-electron chi connectivity index (χ0n) is 10.8. The fourth-order valence-corrected chi connectivity index (χ4v) is 2.53. The highest BCUT2D eigenvalue weighted by Crippen LogP contribution is 2.31. The molecule has 1 N–H and O–H groups in total. The average molecular weight is 253 g/mol. The lowest BCUT2D eigenvalue weighted by atomic mass is 10.0. The molecule has 0 spiro atoms. The van der Waals surface area contributed by atoms with E-state index in [4.69, 9.17) is 0 Å². The van der Waals surface area contributed by atoms with Crippen molar-refractivity contribution in [2.45, 2.75) is 51.2 Å². The number of carbonyl (C=O) groups excluding carboxylic acids is 1. The summed E-state index contributed by atoms with van der Waals surface area (Å²) >= 11 is 0. The van der Waals surface area contributed by atoms with Gasteiger partial charge < -0.3 is 9.84 Å². The number of esters is 1. The third kappa shape index (κ3) is 2.38. The molecule has 1 aromatic rings. The Bertz CT molecular complexity index is 436. The number of ether oxygens (including phenoxy) is 1. The number of hydrogen-bond acceptors (Lipinski definition) is 5. The monoisotopic (exact) mass is 253 g/mol. The van der Waals surface area contributed by atoms with Crippen molar-refractivity contribution >= 4 is 5.97 Å². The Labute approximate surface area is 106 Å². The van der Waals surface area contributed by atoms with E-state index in [0.29, 0.717) is 13.0 Å². The fraction of sp³-hybridized carbons (Fsp3) is 0.750. The zero-order chi connectivity index (χ0) is 13.2. The first kappa shape index (κ1) is 13.0. The summed E-state index contributed by atoms with van der Waals surface area (Å²) in [5, 5.41) is 18.2. The lowest BCUT2D eigenvalue weighted by Crippen LogP contribution is -2.31. The van der Waals surface area contributed by atoms with E-state index in [1.165, 1.54) is 7.11 Å². The largest absolute Gasteiger partial charge is 0.464 e. The second-order valence-electron chi connectivity index (χ2n) is 4.82. The van der Waals surface area contributed by atoms with E-state index in [-0.39, 0.29) is 5.69 Å². The number of methoxy groups -OCH3 is 1. The minimum Gasteiger partial charge on any atom is -0.464 e. The Balaban J connectivity index is 2.23. The summed E-state index contributed by atoms with van der Waals surface area (Å²) in [6.45, 7) is 2.33. The maximum Gasteiger partial charge on any atom is 0.360 e. The molecule has 0 atom stereocenters. The average Bonchev–Trinajstić information content (AvgIpc) is 2.95. The first-order valence-corrected chi connectivity index (χ1v) is 6.32. The third-order valence-corrected chi connectivity index (χ3v) is 3.53. The maximum absolute atomic E-state index is 11.5. The third-order valence-electron chi connectivity index (χ3n) is 3.53. The molecule has 2 rings (SSSR count). The molecule has 100 valence electrons. The molecule has 1 saturated carbocycles. The van der Waals surface area contributed by atoms with Crippen LogP contribution < -0.4 is 0 Å². The van der Waals surface area contributed by atoms with E-state index in [0.717, 1.165) is 31.4 Å². The highest BCUT2D eigenvalue weighted by molar-refractivity contribution is 5.88. The van der Waals surface area contributed by atoms with Gasteiger partial charge in [0.05, 0.1) is 24.9 Å². The molecule has 1 aliphatic rings. The molecule has 0 radical (unpaired) electrons. The van der Waals surface area contributed by atoms with E-state index in [9.17, 15) is 9.90 Å². The molecule has 0 aromatic carbocycles. The second-order valence-corrected chi connectivity index (χ2v) is 4.82. The topological polar surface area (TPSA) is 77.2 Å². The van der Waals surface area contributed by atoms with Gasteiger partial charge in [-0.15, -0.1) is 5.10 Å². The molecule has 1 fully saturated rings. The van der Waals surface area contributed by atoms with Gasteiger partial charge in [-0.3, -0.25) is 0 Å². The number of carbonyl (C=O) groups is 1. The molecule has 1 aliphatic carbocycles. The van der Waals surface area contributed by atoms with Crippen LogP contribution in [0, 0.1) is 0 Å². The van der Waals surface area contributed by atoms with Crippen molar-refractivity contribution in [2.24, 2.45) is 0 Å². The van der Waals surface area contributed by atoms with Gasteiger partial charge in [-0.2, -0.15) is 0 Å². The number of hydrogen-bond donors (Lipinski definition) is 1. The van der Waals surface area contributed by atoms with E-state index >= 15 is 0 Å². The van der Waals surface area contributed by atoms with Crippen molar-refractivity contribution < 1.29 is 14.6 Å². The first-order chi connectivity index (χ1) is 8.59. The maximum atomic E-state index is 11.5. The fourth-order valence-electron chi connectivity index (χ4n) is 2.53. The van der Waals surface area contributed by atoms with Crippen molar-refractivity contribution in [2.75, 3.05) is 7.11 Å². The molecule has 1 aromatic heterocycles. The van der Waals surface area contributed by atoms with Crippen LogP contribution in [0.1, 0.15) is 48.8 Å². The predicted octanol–water partition coefficient (Wildman–Crippen LogP) is 0.932. The van der Waals surface area contributed by atoms with Gasteiger partial charge in [-0.25, -0.2) is 9.48 Å². The minimum absolute atomic E-state index is 0.251. The molecule has 1 heterocycles. The summed E-state index contributed by atoms with van der Waals surface area (Å²) in [6.07, 6.45) is 4.27. The first-order valence-electron chi connectivity index (χ1n) is 6.32. The Morgan fingerprint density at radius 1 is 1.50 bits per heavy atom. The molecule has 0 unspecified atom stereocenters. The Kier molecular flexibility index (Phi) is 3.65. The van der Waals surface area contributed by atoms with Crippen molar-refractivity contribution in [3.05, 3.63) is 11.4 Å². The summed E-state index contributed by atoms with van der Waals surface area (Å²) in [5.41, 5.74) is 0.272. The Hall–Kier alpha value is -1.43. The molecular weight excluding hydrogens is 234 g/mol. The Morgan fingerprint density at radius 3 is 2.72 bits per heavy atom. The SMILES string of the molecule is CCc1c(C(=O)OC)nnn1CC1(O)CCCC1.